The number of nitrogens with two attached hydrogens (primary N) is 1. The number of hydrogen-bond donors (Lipinski definition) is 2. The Kier molecular flexibility index (Phi) is 3.27. The van der Waals surface area contributed by atoms with E-state index in [-0.39, 0.29) is 0 Å². The van der Waals surface area contributed by atoms with E-state index in [1.165, 1.54) is 19.3 Å². The van der Waals surface area contributed by atoms with Crippen molar-refractivity contribution in [3.63, 3.8) is 0 Å². The maximum absolute atomic E-state index is 6.09. The molecule has 1 fully saturated rings. The Hall–Kier alpha value is -1.42. The van der Waals surface area contributed by atoms with Crippen LogP contribution in [0.25, 0.3) is 10.9 Å². The molecule has 0 atom stereocenters. The van der Waals surface area contributed by atoms with Crippen molar-refractivity contribution in [2.75, 3.05) is 23.9 Å². The Morgan fingerprint density at radius 1 is 1.37 bits per heavy atom. The van der Waals surface area contributed by atoms with Crippen molar-refractivity contribution in [2.24, 2.45) is 0 Å². The highest BCUT2D eigenvalue weighted by Crippen LogP contribution is 2.43. The second-order valence-electron chi connectivity index (χ2n) is 5.20. The molecular weight excluding hydrogens is 254 g/mol. The highest BCUT2D eigenvalue weighted by molar-refractivity contribution is 8.00. The Labute approximate surface area is 118 Å². The zero-order chi connectivity index (χ0) is 13.3. The van der Waals surface area contributed by atoms with E-state index in [1.54, 1.807) is 6.20 Å². The van der Waals surface area contributed by atoms with Gasteiger partial charge in [0.1, 0.15) is 0 Å². The molecule has 0 amide bonds. The van der Waals surface area contributed by atoms with E-state index in [2.05, 4.69) is 22.6 Å². The summed E-state index contributed by atoms with van der Waals surface area (Å²) >= 11 is 1.97. The first-order valence-electron chi connectivity index (χ1n) is 6.66. The number of nitrogen functional groups attached to an aromatic ring is 1. The first-order valence-corrected chi connectivity index (χ1v) is 7.89. The third-order valence-electron chi connectivity index (χ3n) is 4.09. The summed E-state index contributed by atoms with van der Waals surface area (Å²) < 4.78 is 0.400. The third-order valence-corrected chi connectivity index (χ3v) is 5.51. The van der Waals surface area contributed by atoms with Gasteiger partial charge >= 0.3 is 0 Å². The van der Waals surface area contributed by atoms with Gasteiger partial charge in [-0.25, -0.2) is 0 Å². The Balaban J connectivity index is 1.89. The maximum Gasteiger partial charge on any atom is 0.0743 e. The molecule has 4 heteroatoms. The van der Waals surface area contributed by atoms with Crippen molar-refractivity contribution in [1.29, 1.82) is 0 Å². The van der Waals surface area contributed by atoms with Gasteiger partial charge in [0, 0.05) is 16.7 Å². The molecule has 3 nitrogen and oxygen atoms in total. The molecule has 1 aliphatic carbocycles. The van der Waals surface area contributed by atoms with E-state index >= 15 is 0 Å². The van der Waals surface area contributed by atoms with Gasteiger partial charge in [-0.3, -0.25) is 4.98 Å². The molecule has 19 heavy (non-hydrogen) atoms. The minimum atomic E-state index is 0.400. The van der Waals surface area contributed by atoms with Crippen molar-refractivity contribution >= 4 is 34.0 Å². The quantitative estimate of drug-likeness (QED) is 0.895. The number of para-hydroxylation sites is 1. The van der Waals surface area contributed by atoms with Crippen LogP contribution in [0.1, 0.15) is 19.3 Å². The molecule has 0 unspecified atom stereocenters. The van der Waals surface area contributed by atoms with Crippen molar-refractivity contribution in [2.45, 2.75) is 24.0 Å². The fraction of sp³-hybridized carbons (Fsp3) is 0.400. The lowest BCUT2D eigenvalue weighted by Crippen LogP contribution is -2.40. The first kappa shape index (κ1) is 12.6. The molecule has 3 N–H and O–H groups in total. The SMILES string of the molecule is CSC1(CNc2c(N)cnc3ccccc23)CCC1. The molecule has 2 aromatic rings. The Bertz CT molecular complexity index is 587. The predicted octanol–water partition coefficient (Wildman–Crippen LogP) is 3.51. The number of rotatable bonds is 4. The van der Waals surface area contributed by atoms with Gasteiger partial charge in [-0.15, -0.1) is 0 Å². The summed E-state index contributed by atoms with van der Waals surface area (Å²) in [6.45, 7) is 0.979. The third kappa shape index (κ3) is 2.25. The summed E-state index contributed by atoms with van der Waals surface area (Å²) in [5.74, 6) is 0. The number of thioether (sulfide) groups is 1. The van der Waals surface area contributed by atoms with Crippen molar-refractivity contribution in [1.82, 2.24) is 4.98 Å². The largest absolute Gasteiger partial charge is 0.396 e. The van der Waals surface area contributed by atoms with Gasteiger partial charge in [0.2, 0.25) is 0 Å². The summed E-state index contributed by atoms with van der Waals surface area (Å²) in [4.78, 5) is 4.37. The van der Waals surface area contributed by atoms with E-state index in [9.17, 15) is 0 Å². The number of benzene rings is 1. The van der Waals surface area contributed by atoms with Crippen molar-refractivity contribution in [3.8, 4) is 0 Å². The summed E-state index contributed by atoms with van der Waals surface area (Å²) in [5, 5.41) is 4.67. The highest BCUT2D eigenvalue weighted by Gasteiger charge is 2.35. The topological polar surface area (TPSA) is 50.9 Å². The second-order valence-corrected chi connectivity index (χ2v) is 6.47. The van der Waals surface area contributed by atoms with Gasteiger partial charge in [-0.05, 0) is 25.2 Å². The number of pyridine rings is 1. The predicted molar refractivity (Wildman–Crippen MR) is 84.7 cm³/mol. The minimum Gasteiger partial charge on any atom is -0.396 e. The van der Waals surface area contributed by atoms with Crippen LogP contribution in [0.5, 0.6) is 0 Å². The van der Waals surface area contributed by atoms with E-state index in [0.717, 1.165) is 28.8 Å². The monoisotopic (exact) mass is 273 g/mol. The average Bonchev–Trinajstić information content (AvgIpc) is 2.40. The summed E-state index contributed by atoms with van der Waals surface area (Å²) in [5.41, 5.74) is 8.84. The average molecular weight is 273 g/mol. The summed E-state index contributed by atoms with van der Waals surface area (Å²) in [7, 11) is 0. The van der Waals surface area contributed by atoms with E-state index in [0.29, 0.717) is 4.75 Å². The maximum atomic E-state index is 6.09. The standard InChI is InChI=1S/C15H19N3S/c1-19-15(7-4-8-15)10-18-14-11-5-2-3-6-13(11)17-9-12(14)16/h2-3,5-6,9H,4,7-8,10,16H2,1H3,(H,17,18). The van der Waals surface area contributed by atoms with E-state index in [1.807, 2.05) is 30.0 Å². The van der Waals surface area contributed by atoms with Crippen LogP contribution in [0, 0.1) is 0 Å². The van der Waals surface area contributed by atoms with Crippen molar-refractivity contribution in [3.05, 3.63) is 30.5 Å². The smallest absolute Gasteiger partial charge is 0.0743 e. The van der Waals surface area contributed by atoms with Crippen LogP contribution in [-0.4, -0.2) is 22.5 Å². The summed E-state index contributed by atoms with van der Waals surface area (Å²) in [6.07, 6.45) is 7.88. The number of fused-ring (bicyclic) bond motifs is 1. The van der Waals surface area contributed by atoms with E-state index < -0.39 is 0 Å². The number of aromatic nitrogens is 1. The van der Waals surface area contributed by atoms with Gasteiger partial charge < -0.3 is 11.1 Å². The van der Waals surface area contributed by atoms with Gasteiger partial charge in [-0.1, -0.05) is 24.6 Å². The van der Waals surface area contributed by atoms with Gasteiger partial charge in [0.15, 0.2) is 0 Å². The number of nitrogens with zero attached hydrogens (tertiary/aromatic N) is 1. The molecule has 1 heterocycles. The summed E-state index contributed by atoms with van der Waals surface area (Å²) in [6, 6.07) is 8.13. The second kappa shape index (κ2) is 4.93. The minimum absolute atomic E-state index is 0.400. The molecule has 1 aromatic heterocycles. The number of nitrogens with one attached hydrogen (secondary N) is 1. The molecule has 0 aliphatic heterocycles. The molecule has 0 saturated heterocycles. The normalized spacial score (nSPS) is 17.1. The lowest BCUT2D eigenvalue weighted by molar-refractivity contribution is 0.380. The van der Waals surface area contributed by atoms with Crippen LogP contribution in [0.4, 0.5) is 11.4 Å². The number of anilines is 2. The molecule has 1 aliphatic rings. The number of hydrogen-bond acceptors (Lipinski definition) is 4. The first-order chi connectivity index (χ1) is 9.24. The van der Waals surface area contributed by atoms with Crippen LogP contribution in [0.3, 0.4) is 0 Å². The highest BCUT2D eigenvalue weighted by atomic mass is 32.2. The molecular formula is C15H19N3S. The van der Waals surface area contributed by atoms with Gasteiger partial charge in [-0.2, -0.15) is 11.8 Å². The van der Waals surface area contributed by atoms with Crippen molar-refractivity contribution < 1.29 is 0 Å². The van der Waals surface area contributed by atoms with Gasteiger partial charge in [0.05, 0.1) is 23.1 Å². The van der Waals surface area contributed by atoms with E-state index in [4.69, 9.17) is 5.73 Å². The molecule has 0 bridgehead atoms. The molecule has 0 radical (unpaired) electrons. The molecule has 0 spiro atoms. The molecule has 1 saturated carbocycles. The van der Waals surface area contributed by atoms with Crippen LogP contribution >= 0.6 is 11.8 Å². The van der Waals surface area contributed by atoms with Crippen LogP contribution in [0.15, 0.2) is 30.5 Å². The van der Waals surface area contributed by atoms with Crippen LogP contribution in [0.2, 0.25) is 0 Å². The zero-order valence-corrected chi connectivity index (χ0v) is 12.0. The zero-order valence-electron chi connectivity index (χ0n) is 11.1. The van der Waals surface area contributed by atoms with Gasteiger partial charge in [0.25, 0.3) is 0 Å². The molecule has 100 valence electrons. The lowest BCUT2D eigenvalue weighted by atomic mass is 9.84. The van der Waals surface area contributed by atoms with Crippen LogP contribution < -0.4 is 11.1 Å². The lowest BCUT2D eigenvalue weighted by Gasteiger charge is -2.40. The Morgan fingerprint density at radius 3 is 2.84 bits per heavy atom. The molecule has 3 rings (SSSR count). The fourth-order valence-corrected chi connectivity index (χ4v) is 3.54. The fourth-order valence-electron chi connectivity index (χ4n) is 2.63. The molecule has 1 aromatic carbocycles. The Morgan fingerprint density at radius 2 is 2.16 bits per heavy atom. The van der Waals surface area contributed by atoms with Crippen LogP contribution in [-0.2, 0) is 0 Å².